The van der Waals surface area contributed by atoms with Gasteiger partial charge in [0, 0.05) is 37.0 Å². The predicted octanol–water partition coefficient (Wildman–Crippen LogP) is 3.13. The highest BCUT2D eigenvalue weighted by Gasteiger charge is 2.09. The highest BCUT2D eigenvalue weighted by atomic mass is 32.1. The Labute approximate surface area is 134 Å². The summed E-state index contributed by atoms with van der Waals surface area (Å²) < 4.78 is 1.79. The van der Waals surface area contributed by atoms with Gasteiger partial charge < -0.3 is 4.57 Å². The van der Waals surface area contributed by atoms with Crippen LogP contribution in [0.2, 0.25) is 0 Å². The molecule has 2 aromatic rings. The number of carbonyl (C=O) groups is 2. The molecular formula is C17H20N2O2S. The van der Waals surface area contributed by atoms with E-state index in [1.165, 1.54) is 16.9 Å². The van der Waals surface area contributed by atoms with E-state index in [4.69, 9.17) is 0 Å². The van der Waals surface area contributed by atoms with Crippen LogP contribution in [0, 0.1) is 0 Å². The fourth-order valence-electron chi connectivity index (χ4n) is 2.11. The molecule has 0 bridgehead atoms. The maximum absolute atomic E-state index is 12.1. The number of amides is 1. The molecule has 0 radical (unpaired) electrons. The highest BCUT2D eigenvalue weighted by molar-refractivity contribution is 7.07. The summed E-state index contributed by atoms with van der Waals surface area (Å²) in [6.45, 7) is 2.13. The van der Waals surface area contributed by atoms with E-state index in [1.807, 2.05) is 42.9 Å². The van der Waals surface area contributed by atoms with Gasteiger partial charge in [0.2, 0.25) is 5.91 Å². The lowest BCUT2D eigenvalue weighted by Gasteiger charge is -2.02. The molecule has 5 heteroatoms. The average molecular weight is 316 g/mol. The van der Waals surface area contributed by atoms with Crippen molar-refractivity contribution in [1.82, 2.24) is 4.57 Å². The molecule has 0 fully saturated rings. The van der Waals surface area contributed by atoms with Gasteiger partial charge in [0.25, 0.3) is 0 Å². The van der Waals surface area contributed by atoms with Gasteiger partial charge in [-0.05, 0) is 12.0 Å². The van der Waals surface area contributed by atoms with Gasteiger partial charge in [0.15, 0.2) is 10.6 Å². The Morgan fingerprint density at radius 2 is 1.91 bits per heavy atom. The van der Waals surface area contributed by atoms with E-state index in [2.05, 4.69) is 11.9 Å². The Morgan fingerprint density at radius 3 is 2.50 bits per heavy atom. The van der Waals surface area contributed by atoms with Crippen LogP contribution in [0.1, 0.15) is 42.1 Å². The number of nitrogens with zero attached hydrogens (tertiary/aromatic N) is 2. The molecule has 0 aliphatic carbocycles. The smallest absolute Gasteiger partial charge is 0.248 e. The molecule has 116 valence electrons. The Morgan fingerprint density at radius 1 is 1.18 bits per heavy atom. The van der Waals surface area contributed by atoms with Crippen molar-refractivity contribution in [2.24, 2.45) is 12.0 Å². The van der Waals surface area contributed by atoms with Crippen LogP contribution in [0.4, 0.5) is 0 Å². The summed E-state index contributed by atoms with van der Waals surface area (Å²) in [5.41, 5.74) is 1.89. The third-order valence-electron chi connectivity index (χ3n) is 3.36. The van der Waals surface area contributed by atoms with E-state index < -0.39 is 0 Å². The number of benzene rings is 1. The number of aromatic nitrogens is 1. The van der Waals surface area contributed by atoms with Crippen LogP contribution < -0.4 is 4.80 Å². The maximum atomic E-state index is 12.1. The first-order chi connectivity index (χ1) is 10.6. The minimum atomic E-state index is -0.256. The molecule has 0 aliphatic rings. The van der Waals surface area contributed by atoms with Crippen molar-refractivity contribution < 1.29 is 9.59 Å². The first kappa shape index (κ1) is 16.4. The monoisotopic (exact) mass is 316 g/mol. The summed E-state index contributed by atoms with van der Waals surface area (Å²) in [5.74, 6) is -0.267. The van der Waals surface area contributed by atoms with Gasteiger partial charge in [-0.15, -0.1) is 11.3 Å². The number of aryl methyl sites for hydroxylation is 2. The van der Waals surface area contributed by atoms with E-state index in [0.717, 1.165) is 12.8 Å². The molecule has 1 aromatic heterocycles. The quantitative estimate of drug-likeness (QED) is 0.769. The molecule has 0 spiro atoms. The SMILES string of the molecule is CCCc1ccc(C(=O)CCC(=O)N=c2sccn2C)cc1. The molecule has 0 saturated heterocycles. The summed E-state index contributed by atoms with van der Waals surface area (Å²) >= 11 is 1.41. The largest absolute Gasteiger partial charge is 0.327 e. The van der Waals surface area contributed by atoms with Crippen LogP contribution in [0.15, 0.2) is 40.8 Å². The zero-order chi connectivity index (χ0) is 15.9. The molecule has 2 rings (SSSR count). The standard InChI is InChI=1S/C17H20N2O2S/c1-3-4-13-5-7-14(8-6-13)15(20)9-10-16(21)18-17-19(2)11-12-22-17/h5-8,11-12H,3-4,9-10H2,1-2H3. The summed E-state index contributed by atoms with van der Waals surface area (Å²) in [6, 6.07) is 7.64. The number of Topliss-reactive ketones (excluding diaryl/α,β-unsaturated/α-hetero) is 1. The number of thiazole rings is 1. The molecule has 4 nitrogen and oxygen atoms in total. The topological polar surface area (TPSA) is 51.4 Å². The van der Waals surface area contributed by atoms with Crippen molar-refractivity contribution in [3.05, 3.63) is 51.8 Å². The van der Waals surface area contributed by atoms with Crippen LogP contribution in [0.25, 0.3) is 0 Å². The second-order valence-corrected chi connectivity index (χ2v) is 6.05. The first-order valence-electron chi connectivity index (χ1n) is 7.40. The predicted molar refractivity (Wildman–Crippen MR) is 87.9 cm³/mol. The van der Waals surface area contributed by atoms with Gasteiger partial charge in [-0.1, -0.05) is 37.6 Å². The molecule has 0 atom stereocenters. The van der Waals surface area contributed by atoms with E-state index in [1.54, 1.807) is 4.57 Å². The van der Waals surface area contributed by atoms with Crippen molar-refractivity contribution >= 4 is 23.0 Å². The zero-order valence-corrected chi connectivity index (χ0v) is 13.7. The fraction of sp³-hybridized carbons (Fsp3) is 0.353. The molecular weight excluding hydrogens is 296 g/mol. The minimum Gasteiger partial charge on any atom is -0.327 e. The molecule has 1 heterocycles. The Balaban J connectivity index is 1.92. The lowest BCUT2D eigenvalue weighted by molar-refractivity contribution is -0.118. The van der Waals surface area contributed by atoms with Gasteiger partial charge in [0.05, 0.1) is 0 Å². The van der Waals surface area contributed by atoms with Gasteiger partial charge in [-0.2, -0.15) is 4.99 Å². The molecule has 0 aliphatic heterocycles. The third kappa shape index (κ3) is 4.49. The lowest BCUT2D eigenvalue weighted by atomic mass is 10.0. The van der Waals surface area contributed by atoms with Crippen LogP contribution in [0.5, 0.6) is 0 Å². The second kappa shape index (κ2) is 7.84. The molecule has 0 unspecified atom stereocenters. The second-order valence-electron chi connectivity index (χ2n) is 5.17. The van der Waals surface area contributed by atoms with Crippen molar-refractivity contribution in [2.45, 2.75) is 32.6 Å². The van der Waals surface area contributed by atoms with Crippen molar-refractivity contribution in [1.29, 1.82) is 0 Å². The molecule has 0 N–H and O–H groups in total. The Kier molecular flexibility index (Phi) is 5.83. The van der Waals surface area contributed by atoms with Crippen molar-refractivity contribution in [2.75, 3.05) is 0 Å². The summed E-state index contributed by atoms with van der Waals surface area (Å²) in [5, 5.41) is 1.87. The summed E-state index contributed by atoms with van der Waals surface area (Å²) in [4.78, 5) is 28.6. The number of hydrogen-bond acceptors (Lipinski definition) is 3. The van der Waals surface area contributed by atoms with Gasteiger partial charge in [-0.25, -0.2) is 0 Å². The van der Waals surface area contributed by atoms with E-state index in [9.17, 15) is 9.59 Å². The molecule has 1 aromatic carbocycles. The Hall–Kier alpha value is -2.01. The number of rotatable bonds is 6. The van der Waals surface area contributed by atoms with Crippen LogP contribution in [-0.2, 0) is 18.3 Å². The lowest BCUT2D eigenvalue weighted by Crippen LogP contribution is -2.13. The van der Waals surface area contributed by atoms with Crippen molar-refractivity contribution in [3.8, 4) is 0 Å². The highest BCUT2D eigenvalue weighted by Crippen LogP contribution is 2.10. The average Bonchev–Trinajstić information content (AvgIpc) is 2.91. The molecule has 1 amide bonds. The van der Waals surface area contributed by atoms with Crippen LogP contribution >= 0.6 is 11.3 Å². The third-order valence-corrected chi connectivity index (χ3v) is 4.21. The first-order valence-corrected chi connectivity index (χ1v) is 8.28. The maximum Gasteiger partial charge on any atom is 0.248 e. The van der Waals surface area contributed by atoms with E-state index >= 15 is 0 Å². The summed E-state index contributed by atoms with van der Waals surface area (Å²) in [7, 11) is 1.84. The van der Waals surface area contributed by atoms with Crippen molar-refractivity contribution in [3.63, 3.8) is 0 Å². The van der Waals surface area contributed by atoms with Gasteiger partial charge in [0.1, 0.15) is 0 Å². The van der Waals surface area contributed by atoms with Gasteiger partial charge in [-0.3, -0.25) is 9.59 Å². The normalized spacial score (nSPS) is 11.6. The van der Waals surface area contributed by atoms with E-state index in [0.29, 0.717) is 10.4 Å². The number of ketones is 1. The molecule has 22 heavy (non-hydrogen) atoms. The Bertz CT molecular complexity index is 711. The van der Waals surface area contributed by atoms with Crippen LogP contribution in [0.3, 0.4) is 0 Å². The minimum absolute atomic E-state index is 0.0119. The number of carbonyl (C=O) groups excluding carboxylic acids is 2. The summed E-state index contributed by atoms with van der Waals surface area (Å²) in [6.07, 6.45) is 4.30. The zero-order valence-electron chi connectivity index (χ0n) is 12.9. The van der Waals surface area contributed by atoms with Gasteiger partial charge >= 0.3 is 0 Å². The molecule has 0 saturated carbocycles. The van der Waals surface area contributed by atoms with Crippen LogP contribution in [-0.4, -0.2) is 16.3 Å². The van der Waals surface area contributed by atoms with E-state index in [-0.39, 0.29) is 24.5 Å². The fourth-order valence-corrected chi connectivity index (χ4v) is 2.85. The number of hydrogen-bond donors (Lipinski definition) is 0.